The fourth-order valence-corrected chi connectivity index (χ4v) is 3.23. The Morgan fingerprint density at radius 2 is 2.00 bits per heavy atom. The van der Waals surface area contributed by atoms with E-state index < -0.39 is 12.1 Å². The average molecular weight is 482 g/mol. The standard InChI is InChI=1S/C18H20N6O3.C2HF3O2/c1-3-4-8-23-14-15(22-9-6-19-7-10-22)20-17(26-2)21-16(14)24(18(23)25)13-5-11-27-12-13;3-2(4,5)1(6)7/h5,11-12,19H,6-10H2,1-2H3;(H,6,7). The number of nitrogens with one attached hydrogen (secondary N) is 1. The molecule has 0 unspecified atom stereocenters. The highest BCUT2D eigenvalue weighted by molar-refractivity contribution is 5.86. The van der Waals surface area contributed by atoms with E-state index in [0.29, 0.717) is 22.7 Å². The number of ether oxygens (including phenoxy) is 1. The van der Waals surface area contributed by atoms with Gasteiger partial charge in [-0.3, -0.25) is 4.57 Å². The van der Waals surface area contributed by atoms with Gasteiger partial charge in [0.15, 0.2) is 11.5 Å². The number of rotatable bonds is 4. The van der Waals surface area contributed by atoms with Gasteiger partial charge in [-0.1, -0.05) is 5.92 Å². The second-order valence-electron chi connectivity index (χ2n) is 6.86. The maximum absolute atomic E-state index is 13.2. The minimum Gasteiger partial charge on any atom is -0.475 e. The zero-order valence-electron chi connectivity index (χ0n) is 18.2. The molecule has 0 atom stereocenters. The summed E-state index contributed by atoms with van der Waals surface area (Å²) in [5.41, 5.74) is 1.47. The van der Waals surface area contributed by atoms with E-state index in [0.717, 1.165) is 26.2 Å². The Morgan fingerprint density at radius 1 is 1.32 bits per heavy atom. The molecule has 2 N–H and O–H groups in total. The van der Waals surface area contributed by atoms with Crippen LogP contribution in [-0.4, -0.2) is 69.6 Å². The Morgan fingerprint density at radius 3 is 2.53 bits per heavy atom. The lowest BCUT2D eigenvalue weighted by atomic mass is 10.3. The number of aliphatic carboxylic acids is 1. The van der Waals surface area contributed by atoms with E-state index in [2.05, 4.69) is 32.0 Å². The van der Waals surface area contributed by atoms with Crippen molar-refractivity contribution in [2.45, 2.75) is 19.6 Å². The van der Waals surface area contributed by atoms with Crippen molar-refractivity contribution >= 4 is 23.0 Å². The van der Waals surface area contributed by atoms with Crippen LogP contribution >= 0.6 is 0 Å². The number of hydrogen-bond acceptors (Lipinski definition) is 8. The van der Waals surface area contributed by atoms with Crippen LogP contribution in [0.1, 0.15) is 6.92 Å². The maximum Gasteiger partial charge on any atom is 0.490 e. The average Bonchev–Trinajstić information content (AvgIpc) is 3.43. The summed E-state index contributed by atoms with van der Waals surface area (Å²) in [5.74, 6) is 3.74. The van der Waals surface area contributed by atoms with E-state index in [1.54, 1.807) is 17.6 Å². The number of fused-ring (bicyclic) bond motifs is 1. The van der Waals surface area contributed by atoms with Gasteiger partial charge in [0.1, 0.15) is 11.8 Å². The molecule has 0 radical (unpaired) electrons. The van der Waals surface area contributed by atoms with Crippen LogP contribution in [0, 0.1) is 11.8 Å². The quantitative estimate of drug-likeness (QED) is 0.528. The summed E-state index contributed by atoms with van der Waals surface area (Å²) in [7, 11) is 1.52. The van der Waals surface area contributed by atoms with E-state index >= 15 is 0 Å². The van der Waals surface area contributed by atoms with Crippen molar-refractivity contribution in [1.29, 1.82) is 0 Å². The van der Waals surface area contributed by atoms with Crippen LogP contribution in [0.5, 0.6) is 6.01 Å². The summed E-state index contributed by atoms with van der Waals surface area (Å²) < 4.78 is 45.3. The number of halogens is 3. The molecule has 182 valence electrons. The van der Waals surface area contributed by atoms with Crippen molar-refractivity contribution in [3.8, 4) is 23.5 Å². The molecule has 1 fully saturated rings. The van der Waals surface area contributed by atoms with Gasteiger partial charge in [0, 0.05) is 32.2 Å². The molecule has 1 aliphatic heterocycles. The second-order valence-corrected chi connectivity index (χ2v) is 6.86. The molecule has 11 nitrogen and oxygen atoms in total. The van der Waals surface area contributed by atoms with Gasteiger partial charge in [-0.25, -0.2) is 14.2 Å². The fourth-order valence-electron chi connectivity index (χ4n) is 3.23. The topological polar surface area (TPSA) is 128 Å². The normalized spacial score (nSPS) is 13.6. The number of carbonyl (C=O) groups is 1. The van der Waals surface area contributed by atoms with E-state index in [1.807, 2.05) is 0 Å². The fraction of sp³-hybridized carbons (Fsp3) is 0.400. The van der Waals surface area contributed by atoms with E-state index in [1.165, 1.54) is 24.2 Å². The molecular formula is C20H21F3N6O5. The maximum atomic E-state index is 13.2. The summed E-state index contributed by atoms with van der Waals surface area (Å²) in [6.45, 7) is 5.24. The molecule has 0 aromatic carbocycles. The van der Waals surface area contributed by atoms with E-state index in [9.17, 15) is 18.0 Å². The Bertz CT molecular complexity index is 1260. The first-order valence-electron chi connectivity index (χ1n) is 9.94. The van der Waals surface area contributed by atoms with Crippen LogP contribution in [0.15, 0.2) is 27.8 Å². The van der Waals surface area contributed by atoms with E-state index in [-0.39, 0.29) is 18.2 Å². The molecule has 0 bridgehead atoms. The number of carboxylic acids is 1. The number of nitrogens with zero attached hydrogens (tertiary/aromatic N) is 5. The number of hydrogen-bond donors (Lipinski definition) is 2. The molecule has 4 heterocycles. The molecular weight excluding hydrogens is 461 g/mol. The highest BCUT2D eigenvalue weighted by atomic mass is 19.4. The first kappa shape index (κ1) is 24.6. The van der Waals surface area contributed by atoms with Gasteiger partial charge in [-0.2, -0.15) is 23.1 Å². The SMILES string of the molecule is CC#CCn1c(=O)n(-c2ccoc2)c2nc(OC)nc(N3CCNCC3)c21.O=C(O)C(F)(F)F. The summed E-state index contributed by atoms with van der Waals surface area (Å²) in [6, 6.07) is 1.93. The molecule has 0 saturated carbocycles. The minimum absolute atomic E-state index is 0.215. The summed E-state index contributed by atoms with van der Waals surface area (Å²) >= 11 is 0. The smallest absolute Gasteiger partial charge is 0.475 e. The lowest BCUT2D eigenvalue weighted by Crippen LogP contribution is -2.44. The number of methoxy groups -OCH3 is 1. The predicted molar refractivity (Wildman–Crippen MR) is 114 cm³/mol. The molecule has 34 heavy (non-hydrogen) atoms. The first-order valence-corrected chi connectivity index (χ1v) is 9.94. The molecule has 0 spiro atoms. The second kappa shape index (κ2) is 10.3. The number of imidazole rings is 1. The zero-order chi connectivity index (χ0) is 24.9. The predicted octanol–water partition coefficient (Wildman–Crippen LogP) is 1.25. The van der Waals surface area contributed by atoms with E-state index in [4.69, 9.17) is 19.1 Å². The summed E-state index contributed by atoms with van der Waals surface area (Å²) in [5, 5.41) is 10.4. The van der Waals surface area contributed by atoms with Gasteiger partial charge in [-0.05, 0) is 6.92 Å². The number of alkyl halides is 3. The van der Waals surface area contributed by atoms with Gasteiger partial charge in [-0.15, -0.1) is 5.92 Å². The number of anilines is 1. The Hall–Kier alpha value is -3.99. The van der Waals surface area contributed by atoms with Crippen LogP contribution in [0.2, 0.25) is 0 Å². The number of aromatic nitrogens is 4. The Kier molecular flexibility index (Phi) is 7.47. The third kappa shape index (κ3) is 5.15. The van der Waals surface area contributed by atoms with Crippen LogP contribution in [0.25, 0.3) is 16.9 Å². The molecule has 1 saturated heterocycles. The molecule has 0 amide bonds. The van der Waals surface area contributed by atoms with Crippen molar-refractivity contribution in [3.05, 3.63) is 29.1 Å². The minimum atomic E-state index is -5.08. The molecule has 3 aromatic heterocycles. The first-order chi connectivity index (χ1) is 16.2. The zero-order valence-corrected chi connectivity index (χ0v) is 18.2. The largest absolute Gasteiger partial charge is 0.490 e. The third-order valence-electron chi connectivity index (χ3n) is 4.75. The van der Waals surface area contributed by atoms with Crippen molar-refractivity contribution in [2.75, 3.05) is 38.2 Å². The third-order valence-corrected chi connectivity index (χ3v) is 4.75. The van der Waals surface area contributed by atoms with Crippen molar-refractivity contribution < 1.29 is 32.2 Å². The number of carboxylic acid groups (broad SMARTS) is 1. The summed E-state index contributed by atoms with van der Waals surface area (Å²) in [4.78, 5) is 33.3. The van der Waals surface area contributed by atoms with Gasteiger partial charge in [0.2, 0.25) is 0 Å². The Balaban J connectivity index is 0.000000406. The molecule has 14 heteroatoms. The van der Waals surface area contributed by atoms with Crippen molar-refractivity contribution in [2.24, 2.45) is 0 Å². The van der Waals surface area contributed by atoms with Gasteiger partial charge in [0.25, 0.3) is 0 Å². The van der Waals surface area contributed by atoms with Crippen molar-refractivity contribution in [1.82, 2.24) is 24.4 Å². The monoisotopic (exact) mass is 482 g/mol. The van der Waals surface area contributed by atoms with Gasteiger partial charge in [0.05, 0.1) is 25.6 Å². The molecule has 1 aliphatic rings. The molecule has 3 aromatic rings. The number of piperazine rings is 1. The van der Waals surface area contributed by atoms with Crippen LogP contribution in [-0.2, 0) is 11.3 Å². The highest BCUT2D eigenvalue weighted by Gasteiger charge is 2.38. The summed E-state index contributed by atoms with van der Waals surface area (Å²) in [6.07, 6.45) is -2.05. The van der Waals surface area contributed by atoms with Gasteiger partial charge >= 0.3 is 23.8 Å². The molecule has 4 rings (SSSR count). The number of furan rings is 1. The van der Waals surface area contributed by atoms with Crippen LogP contribution < -0.4 is 20.6 Å². The lowest BCUT2D eigenvalue weighted by Gasteiger charge is -2.29. The highest BCUT2D eigenvalue weighted by Crippen LogP contribution is 2.28. The van der Waals surface area contributed by atoms with Crippen LogP contribution in [0.4, 0.5) is 19.0 Å². The Labute approximate surface area is 190 Å². The van der Waals surface area contributed by atoms with Gasteiger partial charge < -0.3 is 24.5 Å². The van der Waals surface area contributed by atoms with Crippen molar-refractivity contribution in [3.63, 3.8) is 0 Å². The lowest BCUT2D eigenvalue weighted by molar-refractivity contribution is -0.192. The molecule has 0 aliphatic carbocycles. The van der Waals surface area contributed by atoms with Crippen LogP contribution in [0.3, 0.4) is 0 Å².